The number of nitrogens with zero attached hydrogens (tertiary/aromatic N) is 1. The molecule has 2 aromatic rings. The van der Waals surface area contributed by atoms with Crippen molar-refractivity contribution in [3.63, 3.8) is 0 Å². The standard InChI is InChI=1S/C17H11Cl2N3O4/c18-12-5-10-11(6-13(12)19)17(26)22(16(10)25)7-14(23)21-9-3-1-8(2-4-9)15(20)24/h1-6H,7H2,(H2,20,24)(H,21,23). The zero-order chi connectivity index (χ0) is 19.0. The number of nitrogens with two attached hydrogens (primary N) is 1. The van der Waals surface area contributed by atoms with Gasteiger partial charge in [0.25, 0.3) is 11.8 Å². The van der Waals surface area contributed by atoms with E-state index in [2.05, 4.69) is 5.32 Å². The molecule has 3 rings (SSSR count). The Balaban J connectivity index is 1.73. The topological polar surface area (TPSA) is 110 Å². The molecule has 2 aromatic carbocycles. The molecule has 26 heavy (non-hydrogen) atoms. The van der Waals surface area contributed by atoms with Gasteiger partial charge in [0, 0.05) is 11.3 Å². The number of primary amides is 1. The third-order valence-corrected chi connectivity index (χ3v) is 4.49. The van der Waals surface area contributed by atoms with Gasteiger partial charge in [-0.2, -0.15) is 0 Å². The van der Waals surface area contributed by atoms with E-state index in [4.69, 9.17) is 28.9 Å². The molecular weight excluding hydrogens is 381 g/mol. The molecule has 1 aliphatic heterocycles. The summed E-state index contributed by atoms with van der Waals surface area (Å²) in [6, 6.07) is 8.48. The number of rotatable bonds is 4. The van der Waals surface area contributed by atoms with Crippen LogP contribution in [0.1, 0.15) is 31.1 Å². The Hall–Kier alpha value is -2.90. The van der Waals surface area contributed by atoms with Crippen molar-refractivity contribution in [1.29, 1.82) is 0 Å². The van der Waals surface area contributed by atoms with Crippen molar-refractivity contribution in [3.05, 3.63) is 63.1 Å². The fraction of sp³-hybridized carbons (Fsp3) is 0.0588. The molecule has 0 aromatic heterocycles. The first-order valence-corrected chi connectivity index (χ1v) is 8.08. The van der Waals surface area contributed by atoms with Crippen molar-refractivity contribution in [3.8, 4) is 0 Å². The van der Waals surface area contributed by atoms with Crippen LogP contribution in [0.25, 0.3) is 0 Å². The molecule has 0 unspecified atom stereocenters. The normalized spacial score (nSPS) is 12.9. The monoisotopic (exact) mass is 391 g/mol. The van der Waals surface area contributed by atoms with E-state index < -0.39 is 30.2 Å². The minimum Gasteiger partial charge on any atom is -0.366 e. The molecule has 0 atom stereocenters. The number of imide groups is 1. The molecule has 3 N–H and O–H groups in total. The van der Waals surface area contributed by atoms with Crippen LogP contribution in [0.5, 0.6) is 0 Å². The lowest BCUT2D eigenvalue weighted by Crippen LogP contribution is -2.37. The fourth-order valence-electron chi connectivity index (χ4n) is 2.49. The summed E-state index contributed by atoms with van der Waals surface area (Å²) in [4.78, 5) is 48.7. The zero-order valence-electron chi connectivity index (χ0n) is 13.1. The predicted octanol–water partition coefficient (Wildman–Crippen LogP) is 2.33. The van der Waals surface area contributed by atoms with Crippen LogP contribution in [-0.4, -0.2) is 35.1 Å². The molecule has 7 nitrogen and oxygen atoms in total. The van der Waals surface area contributed by atoms with Crippen molar-refractivity contribution >= 4 is 52.5 Å². The number of hydrogen-bond donors (Lipinski definition) is 2. The van der Waals surface area contributed by atoms with Crippen molar-refractivity contribution in [2.75, 3.05) is 11.9 Å². The van der Waals surface area contributed by atoms with E-state index in [1.165, 1.54) is 36.4 Å². The van der Waals surface area contributed by atoms with Gasteiger partial charge < -0.3 is 11.1 Å². The van der Waals surface area contributed by atoms with Crippen LogP contribution >= 0.6 is 23.2 Å². The summed E-state index contributed by atoms with van der Waals surface area (Å²) in [7, 11) is 0. The lowest BCUT2D eigenvalue weighted by atomic mass is 10.1. The van der Waals surface area contributed by atoms with Crippen molar-refractivity contribution < 1.29 is 19.2 Å². The molecular formula is C17H11Cl2N3O4. The molecule has 1 aliphatic rings. The van der Waals surface area contributed by atoms with Crippen molar-refractivity contribution in [1.82, 2.24) is 4.90 Å². The highest BCUT2D eigenvalue weighted by atomic mass is 35.5. The van der Waals surface area contributed by atoms with E-state index in [0.717, 1.165) is 4.90 Å². The quantitative estimate of drug-likeness (QED) is 0.779. The average molecular weight is 392 g/mol. The van der Waals surface area contributed by atoms with E-state index >= 15 is 0 Å². The Bertz CT molecular complexity index is 916. The van der Waals surface area contributed by atoms with Gasteiger partial charge in [0.2, 0.25) is 11.8 Å². The van der Waals surface area contributed by atoms with Gasteiger partial charge >= 0.3 is 0 Å². The van der Waals surface area contributed by atoms with Crippen molar-refractivity contribution in [2.45, 2.75) is 0 Å². The van der Waals surface area contributed by atoms with Gasteiger partial charge in [-0.15, -0.1) is 0 Å². The molecule has 0 fully saturated rings. The lowest BCUT2D eigenvalue weighted by molar-refractivity contribution is -0.116. The number of hydrogen-bond acceptors (Lipinski definition) is 4. The van der Waals surface area contributed by atoms with Gasteiger partial charge in [0.15, 0.2) is 0 Å². The number of amides is 4. The second kappa shape index (κ2) is 6.78. The van der Waals surface area contributed by atoms with E-state index in [1.54, 1.807) is 0 Å². The molecule has 0 saturated heterocycles. The summed E-state index contributed by atoms with van der Waals surface area (Å²) in [5.74, 6) is -2.42. The number of fused-ring (bicyclic) bond motifs is 1. The number of halogens is 2. The van der Waals surface area contributed by atoms with Crippen LogP contribution in [-0.2, 0) is 4.79 Å². The largest absolute Gasteiger partial charge is 0.366 e. The first-order chi connectivity index (χ1) is 12.3. The van der Waals surface area contributed by atoms with E-state index in [0.29, 0.717) is 5.69 Å². The molecule has 132 valence electrons. The summed E-state index contributed by atoms with van der Waals surface area (Å²) in [5.41, 5.74) is 6.02. The van der Waals surface area contributed by atoms with E-state index in [-0.39, 0.29) is 26.7 Å². The Morgan fingerprint density at radius 2 is 1.46 bits per heavy atom. The van der Waals surface area contributed by atoms with Crippen LogP contribution in [0.2, 0.25) is 10.0 Å². The third-order valence-electron chi connectivity index (χ3n) is 3.77. The number of carbonyl (C=O) groups excluding carboxylic acids is 4. The Labute approximate surface area is 157 Å². The van der Waals surface area contributed by atoms with Crippen LogP contribution < -0.4 is 11.1 Å². The van der Waals surface area contributed by atoms with Crippen LogP contribution in [0.3, 0.4) is 0 Å². The maximum absolute atomic E-state index is 12.4. The number of anilines is 1. The van der Waals surface area contributed by atoms with Gasteiger partial charge in [-0.05, 0) is 36.4 Å². The fourth-order valence-corrected chi connectivity index (χ4v) is 2.82. The maximum atomic E-state index is 12.4. The molecule has 9 heteroatoms. The predicted molar refractivity (Wildman–Crippen MR) is 95.4 cm³/mol. The van der Waals surface area contributed by atoms with Gasteiger partial charge in [-0.1, -0.05) is 23.2 Å². The van der Waals surface area contributed by atoms with Gasteiger partial charge in [-0.25, -0.2) is 0 Å². The highest BCUT2D eigenvalue weighted by Gasteiger charge is 2.37. The van der Waals surface area contributed by atoms with Gasteiger partial charge in [0.1, 0.15) is 6.54 Å². The van der Waals surface area contributed by atoms with Crippen molar-refractivity contribution in [2.24, 2.45) is 5.73 Å². The Morgan fingerprint density at radius 3 is 1.92 bits per heavy atom. The zero-order valence-corrected chi connectivity index (χ0v) is 14.6. The SMILES string of the molecule is NC(=O)c1ccc(NC(=O)CN2C(=O)c3cc(Cl)c(Cl)cc3C2=O)cc1. The highest BCUT2D eigenvalue weighted by molar-refractivity contribution is 6.43. The molecule has 0 spiro atoms. The Kier molecular flexibility index (Phi) is 4.67. The van der Waals surface area contributed by atoms with Gasteiger partial charge in [-0.3, -0.25) is 24.1 Å². The lowest BCUT2D eigenvalue weighted by Gasteiger charge is -2.13. The summed E-state index contributed by atoms with van der Waals surface area (Å²) in [5, 5.41) is 2.83. The minimum atomic E-state index is -0.622. The molecule has 4 amide bonds. The number of nitrogens with one attached hydrogen (secondary N) is 1. The molecule has 0 bridgehead atoms. The molecule has 0 aliphatic carbocycles. The summed E-state index contributed by atoms with van der Waals surface area (Å²) in [6.45, 7) is -0.473. The summed E-state index contributed by atoms with van der Waals surface area (Å²) >= 11 is 11.7. The third kappa shape index (κ3) is 3.26. The van der Waals surface area contributed by atoms with E-state index in [9.17, 15) is 19.2 Å². The first kappa shape index (κ1) is 17.9. The Morgan fingerprint density at radius 1 is 0.962 bits per heavy atom. The molecule has 0 saturated carbocycles. The highest BCUT2D eigenvalue weighted by Crippen LogP contribution is 2.31. The average Bonchev–Trinajstić information content (AvgIpc) is 2.80. The first-order valence-electron chi connectivity index (χ1n) is 7.33. The van der Waals surface area contributed by atoms with Crippen LogP contribution in [0.4, 0.5) is 5.69 Å². The molecule has 1 heterocycles. The molecule has 0 radical (unpaired) electrons. The summed E-state index contributed by atoms with van der Waals surface area (Å²) < 4.78 is 0. The smallest absolute Gasteiger partial charge is 0.262 e. The number of carbonyl (C=O) groups is 4. The second-order valence-corrected chi connectivity index (χ2v) is 6.31. The summed E-state index contributed by atoms with van der Waals surface area (Å²) in [6.07, 6.45) is 0. The van der Waals surface area contributed by atoms with Crippen LogP contribution in [0.15, 0.2) is 36.4 Å². The van der Waals surface area contributed by atoms with Crippen LogP contribution in [0, 0.1) is 0 Å². The maximum Gasteiger partial charge on any atom is 0.262 e. The second-order valence-electron chi connectivity index (χ2n) is 5.50. The van der Waals surface area contributed by atoms with Gasteiger partial charge in [0.05, 0.1) is 21.2 Å². The van der Waals surface area contributed by atoms with E-state index in [1.807, 2.05) is 0 Å². The minimum absolute atomic E-state index is 0.100. The number of benzene rings is 2.